The van der Waals surface area contributed by atoms with Crippen molar-refractivity contribution in [2.45, 2.75) is 12.8 Å². The fraction of sp³-hybridized carbons (Fsp3) is 0.500. The maximum Gasteiger partial charge on any atom is 0.308 e. The molecular formula is C14H21N5O2. The summed E-state index contributed by atoms with van der Waals surface area (Å²) in [5.74, 6) is 1.14. The Morgan fingerprint density at radius 3 is 2.90 bits per heavy atom. The second-order valence-electron chi connectivity index (χ2n) is 4.91. The second kappa shape index (κ2) is 6.92. The molecule has 1 aliphatic heterocycles. The lowest BCUT2D eigenvalue weighted by Crippen LogP contribution is -2.37. The lowest BCUT2D eigenvalue weighted by Gasteiger charge is -2.32. The fourth-order valence-electron chi connectivity index (χ4n) is 2.44. The van der Waals surface area contributed by atoms with E-state index in [4.69, 9.17) is 10.5 Å². The van der Waals surface area contributed by atoms with E-state index in [0.717, 1.165) is 25.9 Å². The molecule has 0 aromatic carbocycles. The van der Waals surface area contributed by atoms with Gasteiger partial charge in [-0.2, -0.15) is 0 Å². The van der Waals surface area contributed by atoms with Crippen LogP contribution >= 0.6 is 0 Å². The Labute approximate surface area is 124 Å². The maximum atomic E-state index is 11.5. The van der Waals surface area contributed by atoms with E-state index >= 15 is 0 Å². The summed E-state index contributed by atoms with van der Waals surface area (Å²) in [6.07, 6.45) is 4.71. The van der Waals surface area contributed by atoms with Crippen LogP contribution in [0.2, 0.25) is 0 Å². The summed E-state index contributed by atoms with van der Waals surface area (Å²) in [5, 5.41) is 3.08. The third-order valence-corrected chi connectivity index (χ3v) is 3.61. The minimum absolute atomic E-state index is 0.0346. The molecule has 0 radical (unpaired) electrons. The largest absolute Gasteiger partial charge is 0.469 e. The van der Waals surface area contributed by atoms with Crippen LogP contribution in [0.15, 0.2) is 19.0 Å². The minimum atomic E-state index is -0.140. The first-order chi connectivity index (χ1) is 10.2. The van der Waals surface area contributed by atoms with Gasteiger partial charge in [0.25, 0.3) is 0 Å². The molecule has 114 valence electrons. The summed E-state index contributed by atoms with van der Waals surface area (Å²) in [7, 11) is 1.43. The Hall–Kier alpha value is -2.31. The SMILES string of the molecule is C=CCNc1ncnc(N2CCC(C(=O)OC)CC2)c1N. The number of hydrogen-bond acceptors (Lipinski definition) is 7. The molecule has 0 spiro atoms. The number of esters is 1. The van der Waals surface area contributed by atoms with Gasteiger partial charge in [0.15, 0.2) is 11.6 Å². The number of nitrogen functional groups attached to an aromatic ring is 1. The molecule has 7 heteroatoms. The average molecular weight is 291 g/mol. The summed E-state index contributed by atoms with van der Waals surface area (Å²) in [4.78, 5) is 22.0. The Morgan fingerprint density at radius 1 is 1.57 bits per heavy atom. The van der Waals surface area contributed by atoms with E-state index in [1.54, 1.807) is 6.08 Å². The van der Waals surface area contributed by atoms with E-state index < -0.39 is 0 Å². The summed E-state index contributed by atoms with van der Waals surface area (Å²) in [6.45, 7) is 5.69. The van der Waals surface area contributed by atoms with Crippen LogP contribution in [0.3, 0.4) is 0 Å². The number of methoxy groups -OCH3 is 1. The third kappa shape index (κ3) is 3.42. The van der Waals surface area contributed by atoms with Gasteiger partial charge < -0.3 is 20.7 Å². The lowest BCUT2D eigenvalue weighted by atomic mass is 9.97. The number of carbonyl (C=O) groups excluding carboxylic acids is 1. The highest BCUT2D eigenvalue weighted by molar-refractivity contribution is 5.76. The van der Waals surface area contributed by atoms with Gasteiger partial charge in [-0.3, -0.25) is 4.79 Å². The molecule has 1 saturated heterocycles. The number of nitrogens with one attached hydrogen (secondary N) is 1. The summed E-state index contributed by atoms with van der Waals surface area (Å²) < 4.78 is 4.79. The second-order valence-corrected chi connectivity index (χ2v) is 4.91. The van der Waals surface area contributed by atoms with Gasteiger partial charge in [-0.25, -0.2) is 9.97 Å². The molecule has 21 heavy (non-hydrogen) atoms. The molecule has 7 nitrogen and oxygen atoms in total. The average Bonchev–Trinajstić information content (AvgIpc) is 2.53. The predicted octanol–water partition coefficient (Wildman–Crippen LogP) is 1.05. The van der Waals surface area contributed by atoms with E-state index in [0.29, 0.717) is 23.9 Å². The molecule has 2 rings (SSSR count). The fourth-order valence-corrected chi connectivity index (χ4v) is 2.44. The zero-order valence-corrected chi connectivity index (χ0v) is 12.2. The quantitative estimate of drug-likeness (QED) is 0.618. The Morgan fingerprint density at radius 2 is 2.29 bits per heavy atom. The number of anilines is 3. The van der Waals surface area contributed by atoms with Crippen molar-refractivity contribution in [1.82, 2.24) is 9.97 Å². The highest BCUT2D eigenvalue weighted by atomic mass is 16.5. The maximum absolute atomic E-state index is 11.5. The van der Waals surface area contributed by atoms with Crippen LogP contribution in [0.25, 0.3) is 0 Å². The first-order valence-electron chi connectivity index (χ1n) is 6.95. The number of piperidine rings is 1. The molecule has 1 aliphatic rings. The van der Waals surface area contributed by atoms with Gasteiger partial charge in [0.2, 0.25) is 0 Å². The molecule has 3 N–H and O–H groups in total. The molecule has 1 aromatic rings. The van der Waals surface area contributed by atoms with Crippen molar-refractivity contribution >= 4 is 23.3 Å². The van der Waals surface area contributed by atoms with Gasteiger partial charge >= 0.3 is 5.97 Å². The Kier molecular flexibility index (Phi) is 4.97. The molecule has 1 fully saturated rings. The number of nitrogens with zero attached hydrogens (tertiary/aromatic N) is 3. The summed E-state index contributed by atoms with van der Waals surface area (Å²) in [5.41, 5.74) is 6.64. The Bertz CT molecular complexity index is 512. The van der Waals surface area contributed by atoms with E-state index in [-0.39, 0.29) is 11.9 Å². The van der Waals surface area contributed by atoms with Gasteiger partial charge in [0, 0.05) is 19.6 Å². The van der Waals surface area contributed by atoms with Crippen LogP contribution < -0.4 is 16.0 Å². The van der Waals surface area contributed by atoms with E-state index in [2.05, 4.69) is 26.8 Å². The van der Waals surface area contributed by atoms with Crippen LogP contribution in [-0.2, 0) is 9.53 Å². The van der Waals surface area contributed by atoms with Crippen LogP contribution in [-0.4, -0.2) is 42.7 Å². The van der Waals surface area contributed by atoms with Gasteiger partial charge in [-0.05, 0) is 12.8 Å². The monoisotopic (exact) mass is 291 g/mol. The standard InChI is InChI=1S/C14H21N5O2/c1-3-6-16-12-11(15)13(18-9-17-12)19-7-4-10(5-8-19)14(20)21-2/h3,9-10H,1,4-8,15H2,2H3,(H,16,17,18). The molecular weight excluding hydrogens is 270 g/mol. The van der Waals surface area contributed by atoms with Crippen LogP contribution in [0.1, 0.15) is 12.8 Å². The molecule has 0 saturated carbocycles. The topological polar surface area (TPSA) is 93.4 Å². The molecule has 0 bridgehead atoms. The number of aromatic nitrogens is 2. The number of nitrogens with two attached hydrogens (primary N) is 1. The third-order valence-electron chi connectivity index (χ3n) is 3.61. The lowest BCUT2D eigenvalue weighted by molar-refractivity contribution is -0.146. The van der Waals surface area contributed by atoms with Crippen molar-refractivity contribution < 1.29 is 9.53 Å². The van der Waals surface area contributed by atoms with Crippen molar-refractivity contribution in [1.29, 1.82) is 0 Å². The van der Waals surface area contributed by atoms with Crippen molar-refractivity contribution in [2.75, 3.05) is 42.7 Å². The zero-order valence-electron chi connectivity index (χ0n) is 12.2. The van der Waals surface area contributed by atoms with E-state index in [9.17, 15) is 4.79 Å². The summed E-state index contributed by atoms with van der Waals surface area (Å²) in [6, 6.07) is 0. The highest BCUT2D eigenvalue weighted by Gasteiger charge is 2.27. The molecule has 0 unspecified atom stereocenters. The zero-order chi connectivity index (χ0) is 15.2. The first-order valence-corrected chi connectivity index (χ1v) is 6.95. The smallest absolute Gasteiger partial charge is 0.308 e. The van der Waals surface area contributed by atoms with Gasteiger partial charge in [0.05, 0.1) is 13.0 Å². The summed E-state index contributed by atoms with van der Waals surface area (Å²) >= 11 is 0. The molecule has 0 amide bonds. The van der Waals surface area contributed by atoms with Crippen molar-refractivity contribution in [3.8, 4) is 0 Å². The minimum Gasteiger partial charge on any atom is -0.469 e. The molecule has 0 atom stereocenters. The van der Waals surface area contributed by atoms with E-state index in [1.165, 1.54) is 13.4 Å². The van der Waals surface area contributed by atoms with Crippen LogP contribution in [0.5, 0.6) is 0 Å². The number of hydrogen-bond donors (Lipinski definition) is 2. The number of rotatable bonds is 5. The highest BCUT2D eigenvalue weighted by Crippen LogP contribution is 2.29. The molecule has 0 aliphatic carbocycles. The van der Waals surface area contributed by atoms with Crippen LogP contribution in [0.4, 0.5) is 17.3 Å². The molecule has 2 heterocycles. The predicted molar refractivity (Wildman–Crippen MR) is 82.1 cm³/mol. The van der Waals surface area contributed by atoms with Gasteiger partial charge in [-0.1, -0.05) is 6.08 Å². The van der Waals surface area contributed by atoms with Gasteiger partial charge in [-0.15, -0.1) is 6.58 Å². The number of ether oxygens (including phenoxy) is 1. The first kappa shape index (κ1) is 15.1. The normalized spacial score (nSPS) is 15.6. The van der Waals surface area contributed by atoms with Gasteiger partial charge in [0.1, 0.15) is 12.0 Å². The Balaban J connectivity index is 2.06. The molecule has 1 aromatic heterocycles. The number of carbonyl (C=O) groups is 1. The van der Waals surface area contributed by atoms with Crippen molar-refractivity contribution in [3.05, 3.63) is 19.0 Å². The van der Waals surface area contributed by atoms with Crippen molar-refractivity contribution in [2.24, 2.45) is 5.92 Å². The van der Waals surface area contributed by atoms with Crippen molar-refractivity contribution in [3.63, 3.8) is 0 Å². The van der Waals surface area contributed by atoms with E-state index in [1.807, 2.05) is 0 Å². The van der Waals surface area contributed by atoms with Crippen LogP contribution in [0, 0.1) is 5.92 Å².